The van der Waals surface area contributed by atoms with Crippen LogP contribution in [0.1, 0.15) is 25.2 Å². The van der Waals surface area contributed by atoms with E-state index in [1.165, 1.54) is 5.56 Å². The molecule has 0 spiro atoms. The second-order valence-electron chi connectivity index (χ2n) is 6.54. The number of hydrogen-bond acceptors (Lipinski definition) is 4. The summed E-state index contributed by atoms with van der Waals surface area (Å²) in [4.78, 5) is 19.7. The summed E-state index contributed by atoms with van der Waals surface area (Å²) in [5, 5.41) is 5.07. The minimum absolute atomic E-state index is 0.0939. The van der Waals surface area contributed by atoms with Gasteiger partial charge in [0.15, 0.2) is 12.4 Å². The van der Waals surface area contributed by atoms with E-state index in [0.717, 1.165) is 23.1 Å². The first-order chi connectivity index (χ1) is 12.6. The van der Waals surface area contributed by atoms with Crippen LogP contribution in [0.4, 0.5) is 5.69 Å². The van der Waals surface area contributed by atoms with Crippen molar-refractivity contribution in [1.82, 2.24) is 0 Å². The van der Waals surface area contributed by atoms with Crippen LogP contribution in [-0.2, 0) is 16.1 Å². The molecule has 0 saturated heterocycles. The summed E-state index contributed by atoms with van der Waals surface area (Å²) in [7, 11) is 0. The van der Waals surface area contributed by atoms with Gasteiger partial charge in [0.05, 0.1) is 0 Å². The molecule has 0 unspecified atom stereocenters. The number of fused-ring (bicyclic) bond motifs is 2. The molecular weight excluding hydrogens is 328 g/mol. The average molecular weight is 348 g/mol. The highest BCUT2D eigenvalue weighted by Crippen LogP contribution is 2.31. The molecule has 1 aromatic heterocycles. The molecule has 5 heteroatoms. The van der Waals surface area contributed by atoms with E-state index in [2.05, 4.69) is 11.2 Å². The highest BCUT2D eigenvalue weighted by atomic mass is 16.6. The van der Waals surface area contributed by atoms with Crippen LogP contribution in [-0.4, -0.2) is 24.3 Å². The molecule has 1 amide bonds. The summed E-state index contributed by atoms with van der Waals surface area (Å²) < 4.78 is 5.74. The number of carbonyl (C=O) groups is 1. The van der Waals surface area contributed by atoms with E-state index in [0.29, 0.717) is 11.5 Å². The number of furan rings is 1. The second-order valence-corrected chi connectivity index (χ2v) is 6.54. The summed E-state index contributed by atoms with van der Waals surface area (Å²) >= 11 is 0. The van der Waals surface area contributed by atoms with Crippen LogP contribution in [0.15, 0.2) is 64.2 Å². The van der Waals surface area contributed by atoms with Gasteiger partial charge in [-0.1, -0.05) is 41.6 Å². The van der Waals surface area contributed by atoms with E-state index in [4.69, 9.17) is 9.25 Å². The van der Waals surface area contributed by atoms with E-state index < -0.39 is 0 Å². The molecule has 2 heterocycles. The molecule has 1 atom stereocenters. The van der Waals surface area contributed by atoms with Crippen LogP contribution in [0.5, 0.6) is 0 Å². The number of amides is 1. The first-order valence-corrected chi connectivity index (χ1v) is 8.69. The van der Waals surface area contributed by atoms with E-state index >= 15 is 0 Å². The van der Waals surface area contributed by atoms with Crippen molar-refractivity contribution in [2.75, 3.05) is 11.5 Å². The summed E-state index contributed by atoms with van der Waals surface area (Å²) in [5.74, 6) is 0.544. The van der Waals surface area contributed by atoms with Crippen molar-refractivity contribution in [1.29, 1.82) is 0 Å². The van der Waals surface area contributed by atoms with Crippen molar-refractivity contribution in [3.63, 3.8) is 0 Å². The molecule has 0 N–H and O–H groups in total. The molecule has 2 aromatic carbocycles. The monoisotopic (exact) mass is 348 g/mol. The lowest BCUT2D eigenvalue weighted by Crippen LogP contribution is -2.38. The van der Waals surface area contributed by atoms with Gasteiger partial charge in [0.2, 0.25) is 0 Å². The minimum atomic E-state index is -0.101. The van der Waals surface area contributed by atoms with Crippen LogP contribution in [0.3, 0.4) is 0 Å². The molecule has 4 rings (SSSR count). The maximum atomic E-state index is 12.6. The van der Waals surface area contributed by atoms with E-state index in [-0.39, 0.29) is 18.6 Å². The van der Waals surface area contributed by atoms with Gasteiger partial charge in [-0.3, -0.25) is 4.79 Å². The summed E-state index contributed by atoms with van der Waals surface area (Å²) in [5.41, 5.74) is 3.56. The van der Waals surface area contributed by atoms with Gasteiger partial charge in [-0.25, -0.2) is 0 Å². The Morgan fingerprint density at radius 3 is 2.85 bits per heavy atom. The SMILES string of the molecule is C/C(=N/OCC(=O)N1c2ccccc2C[C@@H]1C)c1cc2ccccc2o1. The molecule has 3 aromatic rings. The smallest absolute Gasteiger partial charge is 0.268 e. The van der Waals surface area contributed by atoms with Crippen molar-refractivity contribution >= 4 is 28.3 Å². The van der Waals surface area contributed by atoms with Gasteiger partial charge in [0.25, 0.3) is 5.91 Å². The van der Waals surface area contributed by atoms with Crippen molar-refractivity contribution in [2.24, 2.45) is 5.16 Å². The lowest BCUT2D eigenvalue weighted by Gasteiger charge is -2.21. The van der Waals surface area contributed by atoms with Crippen LogP contribution < -0.4 is 4.90 Å². The minimum Gasteiger partial charge on any atom is -0.455 e. The third kappa shape index (κ3) is 2.96. The topological polar surface area (TPSA) is 55.0 Å². The van der Waals surface area contributed by atoms with Crippen molar-refractivity contribution < 1.29 is 14.0 Å². The molecule has 0 aliphatic carbocycles. The maximum absolute atomic E-state index is 12.6. The van der Waals surface area contributed by atoms with Crippen LogP contribution in [0.2, 0.25) is 0 Å². The van der Waals surface area contributed by atoms with Gasteiger partial charge in [0, 0.05) is 17.1 Å². The number of carbonyl (C=O) groups excluding carboxylic acids is 1. The summed E-state index contributed by atoms with van der Waals surface area (Å²) in [6.45, 7) is 3.74. The quantitative estimate of drug-likeness (QED) is 0.526. The Morgan fingerprint density at radius 2 is 2.00 bits per heavy atom. The predicted molar refractivity (Wildman–Crippen MR) is 101 cm³/mol. The molecule has 0 saturated carbocycles. The molecular formula is C21H20N2O3. The second kappa shape index (κ2) is 6.67. The molecule has 5 nitrogen and oxygen atoms in total. The number of anilines is 1. The highest BCUT2D eigenvalue weighted by Gasteiger charge is 2.30. The number of benzene rings is 2. The lowest BCUT2D eigenvalue weighted by atomic mass is 10.1. The van der Waals surface area contributed by atoms with E-state index in [9.17, 15) is 4.79 Å². The molecule has 26 heavy (non-hydrogen) atoms. The Balaban J connectivity index is 1.44. The van der Waals surface area contributed by atoms with E-state index in [1.54, 1.807) is 11.8 Å². The molecule has 0 radical (unpaired) electrons. The third-order valence-electron chi connectivity index (χ3n) is 4.65. The number of para-hydroxylation sites is 2. The third-order valence-corrected chi connectivity index (χ3v) is 4.65. The average Bonchev–Trinajstić information content (AvgIpc) is 3.21. The van der Waals surface area contributed by atoms with Gasteiger partial charge in [-0.15, -0.1) is 0 Å². The largest absolute Gasteiger partial charge is 0.455 e. The van der Waals surface area contributed by atoms with Gasteiger partial charge < -0.3 is 14.2 Å². The highest BCUT2D eigenvalue weighted by molar-refractivity contribution is 6.00. The molecule has 1 aliphatic rings. The summed E-state index contributed by atoms with van der Waals surface area (Å²) in [6.07, 6.45) is 0.864. The summed E-state index contributed by atoms with van der Waals surface area (Å²) in [6, 6.07) is 17.8. The zero-order chi connectivity index (χ0) is 18.1. The fraction of sp³-hybridized carbons (Fsp3) is 0.238. The van der Waals surface area contributed by atoms with Gasteiger partial charge in [-0.05, 0) is 44.0 Å². The van der Waals surface area contributed by atoms with Crippen LogP contribution in [0, 0.1) is 0 Å². The molecule has 132 valence electrons. The maximum Gasteiger partial charge on any atom is 0.268 e. The first kappa shape index (κ1) is 16.4. The van der Waals surface area contributed by atoms with Crippen molar-refractivity contribution in [3.8, 4) is 0 Å². The number of nitrogens with zero attached hydrogens (tertiary/aromatic N) is 2. The fourth-order valence-corrected chi connectivity index (χ4v) is 3.40. The molecule has 1 aliphatic heterocycles. The zero-order valence-electron chi connectivity index (χ0n) is 14.8. The van der Waals surface area contributed by atoms with Crippen molar-refractivity contribution in [3.05, 3.63) is 65.9 Å². The number of oxime groups is 1. The molecule has 0 bridgehead atoms. The normalized spacial score (nSPS) is 16.8. The zero-order valence-corrected chi connectivity index (χ0v) is 14.8. The Hall–Kier alpha value is -3.08. The van der Waals surface area contributed by atoms with Crippen LogP contribution in [0.25, 0.3) is 11.0 Å². The number of rotatable bonds is 4. The predicted octanol–water partition coefficient (Wildman–Crippen LogP) is 4.15. The first-order valence-electron chi connectivity index (χ1n) is 8.69. The Labute approximate surface area is 151 Å². The standard InChI is InChI=1S/C21H20N2O3/c1-14-11-16-7-3-5-9-18(16)23(14)21(24)13-25-22-15(2)20-12-17-8-4-6-10-19(17)26-20/h3-10,12,14H,11,13H2,1-2H3/b22-15-/t14-/m0/s1. The van der Waals surface area contributed by atoms with E-state index in [1.807, 2.05) is 55.5 Å². The van der Waals surface area contributed by atoms with Crippen molar-refractivity contribution in [2.45, 2.75) is 26.3 Å². The lowest BCUT2D eigenvalue weighted by molar-refractivity contribution is -0.123. The van der Waals surface area contributed by atoms with Crippen LogP contribution >= 0.6 is 0 Å². The fourth-order valence-electron chi connectivity index (χ4n) is 3.40. The van der Waals surface area contributed by atoms with Gasteiger partial charge >= 0.3 is 0 Å². The Bertz CT molecular complexity index is 957. The van der Waals surface area contributed by atoms with Gasteiger partial charge in [-0.2, -0.15) is 0 Å². The molecule has 0 fully saturated rings. The number of hydrogen-bond donors (Lipinski definition) is 0. The Morgan fingerprint density at radius 1 is 1.23 bits per heavy atom. The Kier molecular flexibility index (Phi) is 4.21. The van der Waals surface area contributed by atoms with Gasteiger partial charge in [0.1, 0.15) is 11.3 Å².